The van der Waals surface area contributed by atoms with E-state index in [-0.39, 0.29) is 0 Å². The van der Waals surface area contributed by atoms with Crippen LogP contribution in [0.25, 0.3) is 10.2 Å². The zero-order valence-corrected chi connectivity index (χ0v) is 13.7. The van der Waals surface area contributed by atoms with Crippen molar-refractivity contribution < 1.29 is 4.74 Å². The van der Waals surface area contributed by atoms with Crippen LogP contribution in [0.4, 0.5) is 5.13 Å². The van der Waals surface area contributed by atoms with Crippen molar-refractivity contribution in [2.45, 2.75) is 19.5 Å². The Labute approximate surface area is 137 Å². The van der Waals surface area contributed by atoms with Crippen molar-refractivity contribution in [3.05, 3.63) is 35.4 Å². The van der Waals surface area contributed by atoms with Crippen LogP contribution in [0.2, 0.25) is 5.02 Å². The van der Waals surface area contributed by atoms with Crippen molar-refractivity contribution in [2.75, 3.05) is 19.0 Å². The molecule has 3 rings (SSSR count). The minimum atomic E-state index is 0.584. The molecule has 1 aromatic carbocycles. The number of hydrogen-bond acceptors (Lipinski definition) is 6. The third-order valence-electron chi connectivity index (χ3n) is 3.19. The minimum Gasteiger partial charge on any atom is -0.385 e. The molecule has 0 aliphatic rings. The van der Waals surface area contributed by atoms with Crippen molar-refractivity contribution in [1.29, 1.82) is 0 Å². The highest BCUT2D eigenvalue weighted by molar-refractivity contribution is 7.22. The fourth-order valence-electron chi connectivity index (χ4n) is 2.11. The number of aryl methyl sites for hydroxylation is 1. The van der Waals surface area contributed by atoms with Gasteiger partial charge >= 0.3 is 0 Å². The van der Waals surface area contributed by atoms with E-state index in [0.717, 1.165) is 45.8 Å². The molecule has 0 bridgehead atoms. The zero-order valence-electron chi connectivity index (χ0n) is 12.1. The minimum absolute atomic E-state index is 0.584. The second-order valence-electron chi connectivity index (χ2n) is 4.77. The van der Waals surface area contributed by atoms with Gasteiger partial charge in [0, 0.05) is 25.3 Å². The first-order valence-electron chi connectivity index (χ1n) is 6.92. The molecule has 22 heavy (non-hydrogen) atoms. The number of halogens is 1. The van der Waals surface area contributed by atoms with Crippen LogP contribution < -0.4 is 5.32 Å². The molecule has 116 valence electrons. The van der Waals surface area contributed by atoms with Crippen LogP contribution in [0, 0.1) is 0 Å². The summed E-state index contributed by atoms with van der Waals surface area (Å²) < 4.78 is 8.15. The lowest BCUT2D eigenvalue weighted by molar-refractivity contribution is 0.190. The second kappa shape index (κ2) is 7.04. The highest BCUT2D eigenvalue weighted by Gasteiger charge is 2.07. The van der Waals surface area contributed by atoms with E-state index in [0.29, 0.717) is 6.54 Å². The van der Waals surface area contributed by atoms with Crippen molar-refractivity contribution in [3.63, 3.8) is 0 Å². The topological polar surface area (TPSA) is 64.9 Å². The van der Waals surface area contributed by atoms with Gasteiger partial charge in [-0.1, -0.05) is 22.9 Å². The molecule has 0 radical (unpaired) electrons. The predicted molar refractivity (Wildman–Crippen MR) is 88.5 cm³/mol. The Hall–Kier alpha value is -1.70. The molecule has 0 aliphatic heterocycles. The number of rotatable bonds is 7. The van der Waals surface area contributed by atoms with Crippen LogP contribution in [0.3, 0.4) is 0 Å². The molecular formula is C14H16ClN5OS. The SMILES string of the molecule is COCCCn1cnnc1CNc1nc2ccc(Cl)cc2s1. The Morgan fingerprint density at radius 2 is 2.32 bits per heavy atom. The third kappa shape index (κ3) is 3.55. The summed E-state index contributed by atoms with van der Waals surface area (Å²) in [7, 11) is 1.70. The monoisotopic (exact) mass is 337 g/mol. The van der Waals surface area contributed by atoms with Crippen LogP contribution in [-0.2, 0) is 17.8 Å². The van der Waals surface area contributed by atoms with E-state index in [2.05, 4.69) is 20.5 Å². The molecule has 0 aliphatic carbocycles. The average Bonchev–Trinajstić information content (AvgIpc) is 3.11. The number of anilines is 1. The summed E-state index contributed by atoms with van der Waals surface area (Å²) in [6.07, 6.45) is 2.67. The summed E-state index contributed by atoms with van der Waals surface area (Å²) in [6.45, 7) is 2.15. The zero-order chi connectivity index (χ0) is 15.4. The van der Waals surface area contributed by atoms with Crippen LogP contribution in [0.1, 0.15) is 12.2 Å². The molecule has 0 saturated heterocycles. The lowest BCUT2D eigenvalue weighted by atomic mass is 10.3. The molecule has 2 aromatic heterocycles. The van der Waals surface area contributed by atoms with Gasteiger partial charge in [-0.15, -0.1) is 10.2 Å². The van der Waals surface area contributed by atoms with E-state index in [1.165, 1.54) is 0 Å². The molecule has 0 fully saturated rings. The van der Waals surface area contributed by atoms with Crippen LogP contribution in [0.5, 0.6) is 0 Å². The Morgan fingerprint density at radius 3 is 3.18 bits per heavy atom. The number of nitrogens with zero attached hydrogens (tertiary/aromatic N) is 4. The van der Waals surface area contributed by atoms with Crippen LogP contribution in [-0.4, -0.2) is 33.5 Å². The van der Waals surface area contributed by atoms with Crippen LogP contribution >= 0.6 is 22.9 Å². The van der Waals surface area contributed by atoms with Gasteiger partial charge in [-0.25, -0.2) is 4.98 Å². The lowest BCUT2D eigenvalue weighted by Gasteiger charge is -2.06. The summed E-state index contributed by atoms with van der Waals surface area (Å²) in [5.74, 6) is 0.883. The maximum absolute atomic E-state index is 5.99. The maximum Gasteiger partial charge on any atom is 0.184 e. The first kappa shape index (κ1) is 15.2. The largest absolute Gasteiger partial charge is 0.385 e. The smallest absolute Gasteiger partial charge is 0.184 e. The molecule has 3 aromatic rings. The summed E-state index contributed by atoms with van der Waals surface area (Å²) >= 11 is 7.57. The van der Waals surface area contributed by atoms with Gasteiger partial charge in [0.25, 0.3) is 0 Å². The Bertz CT molecular complexity index is 757. The quantitative estimate of drug-likeness (QED) is 0.671. The van der Waals surface area contributed by atoms with E-state index in [1.807, 2.05) is 22.8 Å². The summed E-state index contributed by atoms with van der Waals surface area (Å²) in [5, 5.41) is 13.0. The maximum atomic E-state index is 5.99. The number of thiazole rings is 1. The van der Waals surface area contributed by atoms with Crippen molar-refractivity contribution >= 4 is 38.3 Å². The van der Waals surface area contributed by atoms with E-state index < -0.39 is 0 Å². The summed E-state index contributed by atoms with van der Waals surface area (Å²) in [5.41, 5.74) is 0.943. The van der Waals surface area contributed by atoms with Gasteiger partial charge < -0.3 is 14.6 Å². The number of ether oxygens (including phenoxy) is 1. The molecule has 0 atom stereocenters. The molecule has 6 nitrogen and oxygen atoms in total. The van der Waals surface area contributed by atoms with E-state index in [1.54, 1.807) is 24.8 Å². The predicted octanol–water partition coefficient (Wildman–Crippen LogP) is 3.19. The molecule has 0 amide bonds. The number of methoxy groups -OCH3 is 1. The third-order valence-corrected chi connectivity index (χ3v) is 4.40. The van der Waals surface area contributed by atoms with Crippen molar-refractivity contribution in [2.24, 2.45) is 0 Å². The van der Waals surface area contributed by atoms with Gasteiger partial charge in [0.05, 0.1) is 16.8 Å². The van der Waals surface area contributed by atoms with Gasteiger partial charge in [-0.3, -0.25) is 0 Å². The average molecular weight is 338 g/mol. The fraction of sp³-hybridized carbons (Fsp3) is 0.357. The van der Waals surface area contributed by atoms with Gasteiger partial charge in [-0.2, -0.15) is 0 Å². The molecular weight excluding hydrogens is 322 g/mol. The Balaban J connectivity index is 1.65. The first-order valence-corrected chi connectivity index (χ1v) is 8.11. The van der Waals surface area contributed by atoms with Gasteiger partial charge in [0.1, 0.15) is 6.33 Å². The number of benzene rings is 1. The lowest BCUT2D eigenvalue weighted by Crippen LogP contribution is -2.09. The number of hydrogen-bond donors (Lipinski definition) is 1. The van der Waals surface area contributed by atoms with Crippen molar-refractivity contribution in [1.82, 2.24) is 19.7 Å². The molecule has 0 saturated carbocycles. The fourth-order valence-corrected chi connectivity index (χ4v) is 3.25. The van der Waals surface area contributed by atoms with E-state index in [9.17, 15) is 0 Å². The van der Waals surface area contributed by atoms with Crippen LogP contribution in [0.15, 0.2) is 24.5 Å². The van der Waals surface area contributed by atoms with Gasteiger partial charge in [-0.05, 0) is 24.6 Å². The highest BCUT2D eigenvalue weighted by Crippen LogP contribution is 2.28. The van der Waals surface area contributed by atoms with Gasteiger partial charge in [0.2, 0.25) is 0 Å². The highest BCUT2D eigenvalue weighted by atomic mass is 35.5. The number of fused-ring (bicyclic) bond motifs is 1. The molecule has 2 heterocycles. The second-order valence-corrected chi connectivity index (χ2v) is 6.24. The van der Waals surface area contributed by atoms with E-state index >= 15 is 0 Å². The number of nitrogens with one attached hydrogen (secondary N) is 1. The van der Waals surface area contributed by atoms with Crippen molar-refractivity contribution in [3.8, 4) is 0 Å². The summed E-state index contributed by atoms with van der Waals surface area (Å²) in [6, 6.07) is 5.69. The summed E-state index contributed by atoms with van der Waals surface area (Å²) in [4.78, 5) is 4.53. The molecule has 1 N–H and O–H groups in total. The molecule has 0 unspecified atom stereocenters. The Kier molecular flexibility index (Phi) is 4.87. The Morgan fingerprint density at radius 1 is 1.41 bits per heavy atom. The molecule has 8 heteroatoms. The first-order chi connectivity index (χ1) is 10.8. The van der Waals surface area contributed by atoms with E-state index in [4.69, 9.17) is 16.3 Å². The normalized spacial score (nSPS) is 11.2. The van der Waals surface area contributed by atoms with Gasteiger partial charge in [0.15, 0.2) is 11.0 Å². The molecule has 0 spiro atoms. The standard InChI is InChI=1S/C14H16ClN5OS/c1-21-6-2-5-20-9-17-19-13(20)8-16-14-18-11-4-3-10(15)7-12(11)22-14/h3-4,7,9H,2,5-6,8H2,1H3,(H,16,18). The number of aromatic nitrogens is 4.